The van der Waals surface area contributed by atoms with Crippen molar-refractivity contribution in [3.05, 3.63) is 84.5 Å². The van der Waals surface area contributed by atoms with Gasteiger partial charge in [0.1, 0.15) is 5.75 Å². The number of anilines is 1. The molecule has 5 rings (SSSR count). The molecule has 0 aliphatic heterocycles. The monoisotopic (exact) mass is 413 g/mol. The highest BCUT2D eigenvalue weighted by atomic mass is 32.1. The third-order valence-corrected chi connectivity index (χ3v) is 5.75. The number of fused-ring (bicyclic) bond motifs is 2. The van der Waals surface area contributed by atoms with Crippen LogP contribution in [0.4, 0.5) is 5.69 Å². The third kappa shape index (κ3) is 3.42. The fourth-order valence-corrected chi connectivity index (χ4v) is 4.15. The molecular weight excluding hydrogens is 394 g/mol. The number of nitrogens with one attached hydrogen (secondary N) is 1. The second-order valence-electron chi connectivity index (χ2n) is 6.99. The highest BCUT2D eigenvalue weighted by molar-refractivity contribution is 7.15. The Hall–Kier alpha value is -3.64. The Bertz CT molecular complexity index is 1320. The van der Waals surface area contributed by atoms with E-state index in [9.17, 15) is 4.79 Å². The molecule has 0 saturated carbocycles. The molecule has 3 aromatic carbocycles. The number of thiazole rings is 1. The predicted octanol–water partition coefficient (Wildman–Crippen LogP) is 5.62. The molecule has 0 radical (unpaired) electrons. The Morgan fingerprint density at radius 1 is 1.07 bits per heavy atom. The van der Waals surface area contributed by atoms with E-state index in [4.69, 9.17) is 4.74 Å². The van der Waals surface area contributed by atoms with E-state index in [1.54, 1.807) is 18.3 Å². The molecule has 0 spiro atoms. The molecular formula is C24H19N3O2S. The molecule has 1 N–H and O–H groups in total. The first-order valence-electron chi connectivity index (χ1n) is 9.66. The van der Waals surface area contributed by atoms with Gasteiger partial charge in [-0.15, -0.1) is 11.3 Å². The fourth-order valence-electron chi connectivity index (χ4n) is 3.45. The number of nitrogens with zero attached hydrogens (tertiary/aromatic N) is 2. The molecule has 1 amide bonds. The molecule has 2 aromatic heterocycles. The van der Waals surface area contributed by atoms with E-state index in [0.29, 0.717) is 11.4 Å². The van der Waals surface area contributed by atoms with E-state index >= 15 is 0 Å². The van der Waals surface area contributed by atoms with Gasteiger partial charge in [-0.25, -0.2) is 4.98 Å². The van der Waals surface area contributed by atoms with E-state index in [1.807, 2.05) is 88.9 Å². The van der Waals surface area contributed by atoms with Gasteiger partial charge in [-0.1, -0.05) is 54.6 Å². The Morgan fingerprint density at radius 3 is 2.77 bits per heavy atom. The van der Waals surface area contributed by atoms with Crippen molar-refractivity contribution in [3.63, 3.8) is 0 Å². The average Bonchev–Trinajstić information content (AvgIpc) is 3.37. The second-order valence-corrected chi connectivity index (χ2v) is 7.86. The van der Waals surface area contributed by atoms with Crippen molar-refractivity contribution in [3.8, 4) is 17.0 Å². The van der Waals surface area contributed by atoms with Crippen LogP contribution in [-0.2, 0) is 4.79 Å². The maximum Gasteiger partial charge on any atom is 0.265 e. The maximum absolute atomic E-state index is 12.9. The van der Waals surface area contributed by atoms with Gasteiger partial charge in [0.2, 0.25) is 0 Å². The molecule has 5 nitrogen and oxygen atoms in total. The number of hydrogen-bond donors (Lipinski definition) is 1. The van der Waals surface area contributed by atoms with Crippen LogP contribution in [0.5, 0.6) is 5.75 Å². The third-order valence-electron chi connectivity index (χ3n) is 4.98. The van der Waals surface area contributed by atoms with Crippen LogP contribution in [-0.4, -0.2) is 21.4 Å². The summed E-state index contributed by atoms with van der Waals surface area (Å²) in [6.45, 7) is 1.76. The molecule has 1 unspecified atom stereocenters. The number of para-hydroxylation sites is 1. The SMILES string of the molecule is CC(Oc1cccc2ccccc12)C(=O)Nc1ccccc1-c1cn2ccsc2n1. The van der Waals surface area contributed by atoms with E-state index in [-0.39, 0.29) is 5.91 Å². The summed E-state index contributed by atoms with van der Waals surface area (Å²) in [7, 11) is 0. The van der Waals surface area contributed by atoms with Crippen LogP contribution < -0.4 is 10.1 Å². The van der Waals surface area contributed by atoms with Gasteiger partial charge < -0.3 is 10.1 Å². The number of aromatic nitrogens is 2. The standard InChI is InChI=1S/C24H19N3O2S/c1-16(29-22-12-6-8-17-7-2-3-9-18(17)22)23(28)25-20-11-5-4-10-19(20)21-15-27-13-14-30-24(27)26-21/h2-16H,1H3,(H,25,28). The molecule has 2 heterocycles. The Balaban J connectivity index is 1.38. The lowest BCUT2D eigenvalue weighted by Gasteiger charge is -2.17. The zero-order chi connectivity index (χ0) is 20.5. The minimum absolute atomic E-state index is 0.212. The average molecular weight is 414 g/mol. The van der Waals surface area contributed by atoms with Crippen molar-refractivity contribution in [2.75, 3.05) is 5.32 Å². The minimum atomic E-state index is -0.658. The first kappa shape index (κ1) is 18.4. The number of ether oxygens (including phenoxy) is 1. The Morgan fingerprint density at radius 2 is 1.87 bits per heavy atom. The van der Waals surface area contributed by atoms with Crippen LogP contribution in [0.2, 0.25) is 0 Å². The summed E-state index contributed by atoms with van der Waals surface area (Å²) in [4.78, 5) is 18.5. The van der Waals surface area contributed by atoms with Crippen LogP contribution in [0.15, 0.2) is 84.5 Å². The first-order chi connectivity index (χ1) is 14.7. The molecule has 0 saturated heterocycles. The summed E-state index contributed by atoms with van der Waals surface area (Å²) < 4.78 is 7.99. The van der Waals surface area contributed by atoms with Crippen LogP contribution in [0.1, 0.15) is 6.92 Å². The number of imidazole rings is 1. The van der Waals surface area contributed by atoms with Crippen molar-refractivity contribution >= 4 is 38.7 Å². The number of hydrogen-bond acceptors (Lipinski definition) is 4. The molecule has 0 aliphatic carbocycles. The lowest BCUT2D eigenvalue weighted by molar-refractivity contribution is -0.122. The van der Waals surface area contributed by atoms with E-state index in [0.717, 1.165) is 27.0 Å². The first-order valence-corrected chi connectivity index (χ1v) is 10.5. The lowest BCUT2D eigenvalue weighted by Crippen LogP contribution is -2.30. The lowest BCUT2D eigenvalue weighted by atomic mass is 10.1. The van der Waals surface area contributed by atoms with Gasteiger partial charge in [-0.3, -0.25) is 9.20 Å². The molecule has 5 aromatic rings. The topological polar surface area (TPSA) is 55.6 Å². The number of carbonyl (C=O) groups is 1. The Labute approximate surface area is 177 Å². The van der Waals surface area contributed by atoms with Crippen molar-refractivity contribution < 1.29 is 9.53 Å². The maximum atomic E-state index is 12.9. The van der Waals surface area contributed by atoms with Crippen LogP contribution >= 0.6 is 11.3 Å². The van der Waals surface area contributed by atoms with Gasteiger partial charge in [0.05, 0.1) is 11.4 Å². The second kappa shape index (κ2) is 7.65. The minimum Gasteiger partial charge on any atom is -0.480 e. The fraction of sp³-hybridized carbons (Fsp3) is 0.0833. The summed E-state index contributed by atoms with van der Waals surface area (Å²) in [5.74, 6) is 0.481. The normalized spacial score (nSPS) is 12.2. The van der Waals surface area contributed by atoms with Gasteiger partial charge in [-0.2, -0.15) is 0 Å². The summed E-state index contributed by atoms with van der Waals surface area (Å²) in [6.07, 6.45) is 3.28. The summed E-state index contributed by atoms with van der Waals surface area (Å²) >= 11 is 1.57. The largest absolute Gasteiger partial charge is 0.480 e. The summed E-state index contributed by atoms with van der Waals surface area (Å²) in [5, 5.41) is 7.06. The molecule has 0 aliphatic rings. The van der Waals surface area contributed by atoms with Gasteiger partial charge in [0.15, 0.2) is 11.1 Å². The predicted molar refractivity (Wildman–Crippen MR) is 121 cm³/mol. The van der Waals surface area contributed by atoms with Gasteiger partial charge >= 0.3 is 0 Å². The molecule has 30 heavy (non-hydrogen) atoms. The quantitative estimate of drug-likeness (QED) is 0.407. The van der Waals surface area contributed by atoms with Crippen LogP contribution in [0.25, 0.3) is 27.0 Å². The Kier molecular flexibility index (Phi) is 4.69. The van der Waals surface area contributed by atoms with E-state index in [2.05, 4.69) is 10.3 Å². The van der Waals surface area contributed by atoms with Crippen molar-refractivity contribution in [1.82, 2.24) is 9.38 Å². The number of benzene rings is 3. The zero-order valence-electron chi connectivity index (χ0n) is 16.3. The number of rotatable bonds is 5. The molecule has 6 heteroatoms. The van der Waals surface area contributed by atoms with Gasteiger partial charge in [0, 0.05) is 28.7 Å². The van der Waals surface area contributed by atoms with Crippen LogP contribution in [0.3, 0.4) is 0 Å². The van der Waals surface area contributed by atoms with Crippen LogP contribution in [0, 0.1) is 0 Å². The van der Waals surface area contributed by atoms with Crippen molar-refractivity contribution in [2.45, 2.75) is 13.0 Å². The number of amides is 1. The zero-order valence-corrected chi connectivity index (χ0v) is 17.1. The summed E-state index contributed by atoms with van der Waals surface area (Å²) in [5.41, 5.74) is 2.40. The highest BCUT2D eigenvalue weighted by Gasteiger charge is 2.18. The van der Waals surface area contributed by atoms with Crippen molar-refractivity contribution in [1.29, 1.82) is 0 Å². The molecule has 1 atom stereocenters. The summed E-state index contributed by atoms with van der Waals surface area (Å²) in [6, 6.07) is 21.5. The van der Waals surface area contributed by atoms with E-state index in [1.165, 1.54) is 0 Å². The van der Waals surface area contributed by atoms with Gasteiger partial charge in [0.25, 0.3) is 5.91 Å². The number of carbonyl (C=O) groups excluding carboxylic acids is 1. The smallest absolute Gasteiger partial charge is 0.265 e. The van der Waals surface area contributed by atoms with Crippen molar-refractivity contribution in [2.24, 2.45) is 0 Å². The molecule has 148 valence electrons. The highest BCUT2D eigenvalue weighted by Crippen LogP contribution is 2.29. The van der Waals surface area contributed by atoms with E-state index < -0.39 is 6.10 Å². The van der Waals surface area contributed by atoms with Gasteiger partial charge in [-0.05, 0) is 24.4 Å². The molecule has 0 bridgehead atoms. The molecule has 0 fully saturated rings.